The minimum atomic E-state index is -1.00. The van der Waals surface area contributed by atoms with Gasteiger partial charge in [-0.1, -0.05) is 41.9 Å². The van der Waals surface area contributed by atoms with Gasteiger partial charge in [-0.05, 0) is 53.3 Å². The van der Waals surface area contributed by atoms with Crippen molar-refractivity contribution in [2.75, 3.05) is 50.0 Å². The number of carbonyl (C=O) groups is 3. The first-order chi connectivity index (χ1) is 27.2. The smallest absolute Gasteiger partial charge is 0.271 e. The van der Waals surface area contributed by atoms with Crippen molar-refractivity contribution < 1.29 is 18.8 Å². The maximum absolute atomic E-state index is 13.5. The summed E-state index contributed by atoms with van der Waals surface area (Å²) in [5.74, 6) is -0.628. The van der Waals surface area contributed by atoms with Gasteiger partial charge >= 0.3 is 0 Å². The second kappa shape index (κ2) is 14.9. The zero-order valence-corrected chi connectivity index (χ0v) is 31.7. The Kier molecular flexibility index (Phi) is 9.64. The Morgan fingerprint density at radius 3 is 2.43 bits per heavy atom. The minimum absolute atomic E-state index is 0.230. The summed E-state index contributed by atoms with van der Waals surface area (Å²) in [6.45, 7) is 5.98. The van der Waals surface area contributed by atoms with Gasteiger partial charge in [-0.25, -0.2) is 13.9 Å². The van der Waals surface area contributed by atoms with Crippen molar-refractivity contribution in [3.63, 3.8) is 0 Å². The lowest BCUT2D eigenvalue weighted by Crippen LogP contribution is -2.45. The first kappa shape index (κ1) is 36.2. The summed E-state index contributed by atoms with van der Waals surface area (Å²) in [5.41, 5.74) is 8.79. The molecule has 2 aromatic carbocycles. The maximum atomic E-state index is 13.5. The van der Waals surface area contributed by atoms with E-state index in [-0.39, 0.29) is 17.5 Å². The van der Waals surface area contributed by atoms with E-state index >= 15 is 0 Å². The van der Waals surface area contributed by atoms with Crippen molar-refractivity contribution in [1.82, 2.24) is 40.0 Å². The van der Waals surface area contributed by atoms with Crippen LogP contribution in [0.2, 0.25) is 5.02 Å². The fourth-order valence-corrected chi connectivity index (χ4v) is 8.39. The Bertz CT molecular complexity index is 2340. The van der Waals surface area contributed by atoms with E-state index in [1.165, 1.54) is 16.3 Å². The molecule has 13 nitrogen and oxygen atoms in total. The lowest BCUT2D eigenvalue weighted by Gasteiger charge is -2.35. The van der Waals surface area contributed by atoms with Crippen LogP contribution in [0.4, 0.5) is 21.6 Å². The number of imidazole rings is 1. The number of anilines is 3. The van der Waals surface area contributed by atoms with Gasteiger partial charge < -0.3 is 15.5 Å². The predicted molar refractivity (Wildman–Crippen MR) is 211 cm³/mol. The Balaban J connectivity index is 0.845. The number of amides is 3. The summed E-state index contributed by atoms with van der Waals surface area (Å²) in [6, 6.07) is 17.9. The lowest BCUT2D eigenvalue weighted by molar-refractivity contribution is -0.134. The zero-order chi connectivity index (χ0) is 38.5. The molecular weight excluding hydrogens is 735 g/mol. The van der Waals surface area contributed by atoms with E-state index < -0.39 is 24.0 Å². The van der Waals surface area contributed by atoms with Gasteiger partial charge in [0.2, 0.25) is 11.8 Å². The largest absolute Gasteiger partial charge is 0.385 e. The van der Waals surface area contributed by atoms with Gasteiger partial charge in [0.05, 0.1) is 29.5 Å². The van der Waals surface area contributed by atoms with Crippen LogP contribution in [0.25, 0.3) is 16.9 Å². The molecule has 0 radical (unpaired) electrons. The number of piperidine rings is 1. The van der Waals surface area contributed by atoms with Gasteiger partial charge in [0.1, 0.15) is 6.17 Å². The summed E-state index contributed by atoms with van der Waals surface area (Å²) in [6.07, 6.45) is 4.39. The Morgan fingerprint density at radius 2 is 1.71 bits per heavy atom. The summed E-state index contributed by atoms with van der Waals surface area (Å²) in [7, 11) is 1.81. The summed E-state index contributed by atoms with van der Waals surface area (Å²) in [5, 5.41) is 13.8. The predicted octanol–water partition coefficient (Wildman–Crippen LogP) is 4.86. The second-order valence-corrected chi connectivity index (χ2v) is 15.5. The van der Waals surface area contributed by atoms with Crippen molar-refractivity contribution in [2.45, 2.75) is 56.9 Å². The highest BCUT2D eigenvalue weighted by Crippen LogP contribution is 2.40. The van der Waals surface area contributed by atoms with Crippen molar-refractivity contribution in [3.05, 3.63) is 100.0 Å². The van der Waals surface area contributed by atoms with E-state index in [1.54, 1.807) is 0 Å². The number of hydrogen-bond donors (Lipinski definition) is 3. The number of carbonyl (C=O) groups excluding carboxylic acids is 3. The number of alkyl halides is 1. The van der Waals surface area contributed by atoms with Crippen molar-refractivity contribution in [3.8, 4) is 11.3 Å². The number of aromatic nitrogens is 4. The van der Waals surface area contributed by atoms with Crippen LogP contribution in [0.3, 0.4) is 0 Å². The number of piperazine rings is 1. The van der Waals surface area contributed by atoms with Crippen LogP contribution in [0.15, 0.2) is 67.0 Å². The number of fused-ring (bicyclic) bond motifs is 2. The highest BCUT2D eigenvalue weighted by atomic mass is 35.5. The summed E-state index contributed by atoms with van der Waals surface area (Å²) in [4.78, 5) is 53.5. The van der Waals surface area contributed by atoms with Gasteiger partial charge in [-0.3, -0.25) is 34.5 Å². The number of imide groups is 1. The van der Waals surface area contributed by atoms with E-state index in [4.69, 9.17) is 21.7 Å². The van der Waals surface area contributed by atoms with Crippen LogP contribution >= 0.6 is 11.6 Å². The number of hydrogen-bond acceptors (Lipinski definition) is 10. The fraction of sp³-hybridized carbons (Fsp3) is 0.366. The van der Waals surface area contributed by atoms with Crippen molar-refractivity contribution in [1.29, 1.82) is 0 Å². The molecule has 2 saturated heterocycles. The maximum Gasteiger partial charge on any atom is 0.271 e. The molecular formula is C41H42ClFN10O3. The third-order valence-corrected chi connectivity index (χ3v) is 11.7. The van der Waals surface area contributed by atoms with Crippen LogP contribution in [0.5, 0.6) is 0 Å². The third-order valence-electron chi connectivity index (χ3n) is 11.3. The van der Waals surface area contributed by atoms with Gasteiger partial charge in [-0.2, -0.15) is 0 Å². The first-order valence-electron chi connectivity index (χ1n) is 19.2. The molecule has 6 heterocycles. The van der Waals surface area contributed by atoms with E-state index in [9.17, 15) is 18.8 Å². The number of rotatable bonds is 10. The highest BCUT2D eigenvalue weighted by Gasteiger charge is 2.39. The molecule has 3 aliphatic heterocycles. The first-order valence-corrected chi connectivity index (χ1v) is 19.5. The SMILES string of the molecule is CNc1cc(N2CCc3c(-c4ccc(CN5CCN(Cc6ccc(Cl)c(C7CCC(=O)NC7=O)c6)CC5)cn4)cccc32)nn2c(C(=O)N[C@@H]3C[C@@H]3F)cnc12. The molecule has 288 valence electrons. The van der Waals surface area contributed by atoms with E-state index in [2.05, 4.69) is 59.9 Å². The van der Waals surface area contributed by atoms with Gasteiger partial charge in [0.15, 0.2) is 17.2 Å². The van der Waals surface area contributed by atoms with Gasteiger partial charge in [-0.15, -0.1) is 5.10 Å². The molecule has 3 N–H and O–H groups in total. The molecule has 3 aromatic heterocycles. The molecule has 1 aliphatic carbocycles. The molecule has 0 bridgehead atoms. The molecule has 1 unspecified atom stereocenters. The zero-order valence-electron chi connectivity index (χ0n) is 31.0. The monoisotopic (exact) mass is 776 g/mol. The number of pyridine rings is 1. The molecule has 5 aromatic rings. The van der Waals surface area contributed by atoms with Crippen LogP contribution in [0, 0.1) is 0 Å². The molecule has 3 amide bonds. The standard InChI is InChI=1S/C41H42ClFN10O3/c1-44-34-19-37(49-53-36(21-46-39(34)53)41(56)47-33-18-31(33)43)52-12-11-27-26(3-2-4-35(27)52)32-9-6-25(20-45-32)23-51-15-13-50(14-16-51)22-24-5-8-30(42)29(17-24)28-7-10-38(54)48-40(28)55/h2-6,8-9,17,19-21,28,31,33,44H,7,10-16,18,22-23H2,1H3,(H,47,56)(H,48,54,55)/t28?,31-,33+/m0/s1. The molecule has 0 spiro atoms. The molecule has 15 heteroatoms. The number of halogens is 2. The topological polar surface area (TPSA) is 140 Å². The van der Waals surface area contributed by atoms with E-state index in [0.29, 0.717) is 42.3 Å². The lowest BCUT2D eigenvalue weighted by atomic mass is 9.89. The van der Waals surface area contributed by atoms with Gasteiger partial charge in [0.25, 0.3) is 5.91 Å². The molecule has 3 atom stereocenters. The summed E-state index contributed by atoms with van der Waals surface area (Å²) >= 11 is 6.50. The minimum Gasteiger partial charge on any atom is -0.385 e. The van der Waals surface area contributed by atoms with Crippen LogP contribution in [0.1, 0.15) is 57.9 Å². The number of benzene rings is 2. The Hall–Kier alpha value is -5.44. The van der Waals surface area contributed by atoms with Crippen LogP contribution in [-0.4, -0.2) is 99.1 Å². The third kappa shape index (κ3) is 7.08. The molecule has 1 saturated carbocycles. The Morgan fingerprint density at radius 1 is 0.946 bits per heavy atom. The average Bonchev–Trinajstić information content (AvgIpc) is 3.52. The second-order valence-electron chi connectivity index (χ2n) is 15.0. The fourth-order valence-electron chi connectivity index (χ4n) is 8.14. The molecule has 9 rings (SSSR count). The molecule has 3 fully saturated rings. The Labute approximate surface area is 328 Å². The van der Waals surface area contributed by atoms with E-state index in [1.807, 2.05) is 43.6 Å². The van der Waals surface area contributed by atoms with Gasteiger partial charge in [0, 0.05) is 94.2 Å². The van der Waals surface area contributed by atoms with Crippen LogP contribution in [-0.2, 0) is 29.1 Å². The number of nitrogens with one attached hydrogen (secondary N) is 3. The van der Waals surface area contributed by atoms with Crippen molar-refractivity contribution >= 4 is 52.2 Å². The van der Waals surface area contributed by atoms with Crippen molar-refractivity contribution in [2.24, 2.45) is 0 Å². The molecule has 56 heavy (non-hydrogen) atoms. The number of nitrogens with zero attached hydrogens (tertiary/aromatic N) is 7. The highest BCUT2D eigenvalue weighted by molar-refractivity contribution is 6.31. The normalized spacial score (nSPS) is 21.3. The molecule has 4 aliphatic rings. The van der Waals surface area contributed by atoms with E-state index in [0.717, 1.165) is 85.0 Å². The quantitative estimate of drug-likeness (QED) is 0.169. The summed E-state index contributed by atoms with van der Waals surface area (Å²) < 4.78 is 15.1. The van der Waals surface area contributed by atoms with Crippen LogP contribution < -0.4 is 20.9 Å². The average molecular weight is 777 g/mol.